The van der Waals surface area contributed by atoms with Crippen LogP contribution >= 0.6 is 0 Å². The van der Waals surface area contributed by atoms with Crippen molar-refractivity contribution in [2.24, 2.45) is 0 Å². The van der Waals surface area contributed by atoms with Crippen LogP contribution in [0, 0.1) is 11.8 Å². The third kappa shape index (κ3) is 3.56. The molecule has 0 aromatic heterocycles. The normalized spacial score (nSPS) is 17.3. The van der Waals surface area contributed by atoms with Crippen molar-refractivity contribution in [2.75, 3.05) is 20.3 Å². The number of hydrogen-bond acceptors (Lipinski definition) is 3. The number of rotatable bonds is 3. The molecule has 0 spiro atoms. The molecule has 21 heavy (non-hydrogen) atoms. The lowest BCUT2D eigenvalue weighted by Crippen LogP contribution is -2.33. The first-order valence-corrected chi connectivity index (χ1v) is 7.26. The number of benzene rings is 1. The molecular weight excluding hydrogens is 266 g/mol. The van der Waals surface area contributed by atoms with Crippen molar-refractivity contribution in [1.82, 2.24) is 4.90 Å². The third-order valence-electron chi connectivity index (χ3n) is 3.72. The number of carbonyl (C=O) groups is 1. The first kappa shape index (κ1) is 15.4. The van der Waals surface area contributed by atoms with Gasteiger partial charge in [0.1, 0.15) is 5.75 Å². The standard InChI is InChI=1S/C17H21NO3/c1-13-6-5-10-18(13)17(20)15-8-9-16(21-2)14(12-15)7-3-4-11-19/h8-9,12-13,19H,4-6,10-11H2,1-2H3. The Balaban J connectivity index is 2.27. The van der Waals surface area contributed by atoms with E-state index in [9.17, 15) is 4.79 Å². The van der Waals surface area contributed by atoms with Gasteiger partial charge in [-0.3, -0.25) is 4.79 Å². The van der Waals surface area contributed by atoms with E-state index in [1.807, 2.05) is 4.90 Å². The third-order valence-corrected chi connectivity index (χ3v) is 3.72. The van der Waals surface area contributed by atoms with E-state index in [1.165, 1.54) is 0 Å². The van der Waals surface area contributed by atoms with Gasteiger partial charge in [-0.15, -0.1) is 0 Å². The molecule has 112 valence electrons. The van der Waals surface area contributed by atoms with Gasteiger partial charge in [0.25, 0.3) is 5.91 Å². The Kier molecular flexibility index (Phi) is 5.24. The molecule has 4 heteroatoms. The van der Waals surface area contributed by atoms with Gasteiger partial charge in [-0.25, -0.2) is 0 Å². The van der Waals surface area contributed by atoms with Gasteiger partial charge < -0.3 is 14.7 Å². The summed E-state index contributed by atoms with van der Waals surface area (Å²) in [7, 11) is 1.58. The van der Waals surface area contributed by atoms with Gasteiger partial charge in [-0.05, 0) is 38.0 Å². The lowest BCUT2D eigenvalue weighted by Gasteiger charge is -2.21. The van der Waals surface area contributed by atoms with Crippen LogP contribution in [0.2, 0.25) is 0 Å². The van der Waals surface area contributed by atoms with E-state index in [0.29, 0.717) is 29.3 Å². The molecule has 1 aliphatic heterocycles. The maximum Gasteiger partial charge on any atom is 0.254 e. The Labute approximate surface area is 125 Å². The van der Waals surface area contributed by atoms with E-state index in [4.69, 9.17) is 9.84 Å². The fourth-order valence-electron chi connectivity index (χ4n) is 2.55. The van der Waals surface area contributed by atoms with Crippen molar-refractivity contribution in [3.63, 3.8) is 0 Å². The number of nitrogens with zero attached hydrogens (tertiary/aromatic N) is 1. The molecule has 1 saturated heterocycles. The zero-order valence-electron chi connectivity index (χ0n) is 12.6. The summed E-state index contributed by atoms with van der Waals surface area (Å²) in [6.07, 6.45) is 2.53. The molecule has 0 radical (unpaired) electrons. The SMILES string of the molecule is COc1ccc(C(=O)N2CCCC2C)cc1C#CCCO. The minimum atomic E-state index is 0.0270. The summed E-state index contributed by atoms with van der Waals surface area (Å²) in [5.41, 5.74) is 1.32. The molecule has 4 nitrogen and oxygen atoms in total. The van der Waals surface area contributed by atoms with E-state index in [0.717, 1.165) is 19.4 Å². The predicted molar refractivity (Wildman–Crippen MR) is 81.3 cm³/mol. The van der Waals surface area contributed by atoms with Gasteiger partial charge in [0, 0.05) is 24.6 Å². The van der Waals surface area contributed by atoms with Crippen molar-refractivity contribution < 1.29 is 14.6 Å². The molecule has 0 bridgehead atoms. The highest BCUT2D eigenvalue weighted by Gasteiger charge is 2.26. The fourth-order valence-corrected chi connectivity index (χ4v) is 2.55. The number of amides is 1. The zero-order chi connectivity index (χ0) is 15.2. The highest BCUT2D eigenvalue weighted by molar-refractivity contribution is 5.95. The van der Waals surface area contributed by atoms with Crippen LogP contribution in [0.4, 0.5) is 0 Å². The van der Waals surface area contributed by atoms with Crippen molar-refractivity contribution in [3.05, 3.63) is 29.3 Å². The summed E-state index contributed by atoms with van der Waals surface area (Å²) >= 11 is 0. The Morgan fingerprint density at radius 1 is 1.52 bits per heavy atom. The average Bonchev–Trinajstić information content (AvgIpc) is 2.93. The van der Waals surface area contributed by atoms with E-state index in [1.54, 1.807) is 25.3 Å². The number of methoxy groups -OCH3 is 1. The molecule has 1 aromatic carbocycles. The smallest absolute Gasteiger partial charge is 0.254 e. The lowest BCUT2D eigenvalue weighted by molar-refractivity contribution is 0.0747. The summed E-state index contributed by atoms with van der Waals surface area (Å²) in [6, 6.07) is 5.63. The second kappa shape index (κ2) is 7.14. The molecule has 1 aliphatic rings. The zero-order valence-corrected chi connectivity index (χ0v) is 12.6. The Morgan fingerprint density at radius 2 is 2.33 bits per heavy atom. The average molecular weight is 287 g/mol. The Hall–Kier alpha value is -1.99. The molecular formula is C17H21NO3. The molecule has 1 amide bonds. The van der Waals surface area contributed by atoms with Gasteiger partial charge >= 0.3 is 0 Å². The summed E-state index contributed by atoms with van der Waals surface area (Å²) in [6.45, 7) is 2.92. The van der Waals surface area contributed by atoms with Gasteiger partial charge in [0.15, 0.2) is 0 Å². The maximum atomic E-state index is 12.5. The number of aliphatic hydroxyl groups excluding tert-OH is 1. The van der Waals surface area contributed by atoms with Gasteiger partial charge in [-0.1, -0.05) is 11.8 Å². The van der Waals surface area contributed by atoms with Crippen molar-refractivity contribution in [1.29, 1.82) is 0 Å². The molecule has 1 fully saturated rings. The molecule has 1 heterocycles. The number of likely N-dealkylation sites (tertiary alicyclic amines) is 1. The Morgan fingerprint density at radius 3 is 2.95 bits per heavy atom. The van der Waals surface area contributed by atoms with Crippen LogP contribution in [0.5, 0.6) is 5.75 Å². The second-order valence-electron chi connectivity index (χ2n) is 5.18. The van der Waals surface area contributed by atoms with Crippen LogP contribution < -0.4 is 4.74 Å². The van der Waals surface area contributed by atoms with Gasteiger partial charge in [-0.2, -0.15) is 0 Å². The number of hydrogen-bond donors (Lipinski definition) is 1. The van der Waals surface area contributed by atoms with Crippen molar-refractivity contribution in [3.8, 4) is 17.6 Å². The lowest BCUT2D eigenvalue weighted by atomic mass is 10.1. The van der Waals surface area contributed by atoms with Gasteiger partial charge in [0.2, 0.25) is 0 Å². The van der Waals surface area contributed by atoms with E-state index < -0.39 is 0 Å². The molecule has 0 saturated carbocycles. The summed E-state index contributed by atoms with van der Waals surface area (Å²) in [5.74, 6) is 6.52. The summed E-state index contributed by atoms with van der Waals surface area (Å²) in [5, 5.41) is 8.79. The number of ether oxygens (including phenoxy) is 1. The van der Waals surface area contributed by atoms with Gasteiger partial charge in [0.05, 0.1) is 19.3 Å². The molecule has 0 aliphatic carbocycles. The molecule has 1 unspecified atom stereocenters. The highest BCUT2D eigenvalue weighted by Crippen LogP contribution is 2.23. The first-order valence-electron chi connectivity index (χ1n) is 7.26. The second-order valence-corrected chi connectivity index (χ2v) is 5.18. The molecule has 1 aromatic rings. The van der Waals surface area contributed by atoms with Crippen LogP contribution in [-0.4, -0.2) is 42.2 Å². The molecule has 1 N–H and O–H groups in total. The number of aliphatic hydroxyl groups is 1. The van der Waals surface area contributed by atoms with Crippen LogP contribution in [0.15, 0.2) is 18.2 Å². The van der Waals surface area contributed by atoms with E-state index in [-0.39, 0.29) is 12.5 Å². The van der Waals surface area contributed by atoms with Crippen LogP contribution in [0.1, 0.15) is 42.1 Å². The molecule has 1 atom stereocenters. The van der Waals surface area contributed by atoms with Crippen molar-refractivity contribution in [2.45, 2.75) is 32.2 Å². The first-order chi connectivity index (χ1) is 10.2. The largest absolute Gasteiger partial charge is 0.495 e. The monoisotopic (exact) mass is 287 g/mol. The predicted octanol–water partition coefficient (Wildman–Crippen LogP) is 2.05. The van der Waals surface area contributed by atoms with Crippen LogP contribution in [-0.2, 0) is 0 Å². The highest BCUT2D eigenvalue weighted by atomic mass is 16.5. The summed E-state index contributed by atoms with van der Waals surface area (Å²) < 4.78 is 5.27. The number of carbonyl (C=O) groups excluding carboxylic acids is 1. The minimum absolute atomic E-state index is 0.0270. The maximum absolute atomic E-state index is 12.5. The quantitative estimate of drug-likeness (QED) is 0.866. The fraction of sp³-hybridized carbons (Fsp3) is 0.471. The molecule has 2 rings (SSSR count). The van der Waals surface area contributed by atoms with Crippen LogP contribution in [0.25, 0.3) is 0 Å². The van der Waals surface area contributed by atoms with Crippen LogP contribution in [0.3, 0.4) is 0 Å². The Bertz CT molecular complexity index is 571. The topological polar surface area (TPSA) is 49.8 Å². The van der Waals surface area contributed by atoms with Crippen molar-refractivity contribution >= 4 is 5.91 Å². The minimum Gasteiger partial charge on any atom is -0.495 e. The van der Waals surface area contributed by atoms with E-state index in [2.05, 4.69) is 18.8 Å². The summed E-state index contributed by atoms with van der Waals surface area (Å²) in [4.78, 5) is 14.4. The van der Waals surface area contributed by atoms with E-state index >= 15 is 0 Å².